The third kappa shape index (κ3) is 3.92. The molecule has 1 aliphatic carbocycles. The van der Waals surface area contributed by atoms with Gasteiger partial charge in [0.1, 0.15) is 5.82 Å². The highest BCUT2D eigenvalue weighted by Crippen LogP contribution is 2.30. The number of aromatic nitrogens is 5. The third-order valence-electron chi connectivity index (χ3n) is 5.06. The summed E-state index contributed by atoms with van der Waals surface area (Å²) in [6, 6.07) is 8.01. The van der Waals surface area contributed by atoms with E-state index in [1.807, 2.05) is 35.8 Å². The lowest BCUT2D eigenvalue weighted by Gasteiger charge is -2.26. The van der Waals surface area contributed by atoms with Gasteiger partial charge in [0.2, 0.25) is 5.95 Å². The lowest BCUT2D eigenvalue weighted by atomic mass is 9.93. The van der Waals surface area contributed by atoms with Crippen LogP contribution in [0.4, 0.5) is 17.5 Å². The van der Waals surface area contributed by atoms with Crippen molar-refractivity contribution in [3.63, 3.8) is 0 Å². The lowest BCUT2D eigenvalue weighted by molar-refractivity contribution is 0.126. The van der Waals surface area contributed by atoms with Crippen LogP contribution in [0.5, 0.6) is 0 Å². The molecule has 4 aromatic rings. The van der Waals surface area contributed by atoms with E-state index in [2.05, 4.69) is 25.7 Å². The van der Waals surface area contributed by atoms with Crippen molar-refractivity contribution < 1.29 is 5.11 Å². The van der Waals surface area contributed by atoms with Gasteiger partial charge in [-0.15, -0.1) is 11.3 Å². The Hall–Kier alpha value is -3.04. The number of hydrogen-bond acceptors (Lipinski definition) is 8. The van der Waals surface area contributed by atoms with Crippen LogP contribution in [0, 0.1) is 0 Å². The molecule has 9 heteroatoms. The van der Waals surface area contributed by atoms with E-state index in [0.717, 1.165) is 53.2 Å². The highest BCUT2D eigenvalue weighted by atomic mass is 32.1. The number of nitrogens with one attached hydrogen (secondary N) is 2. The molecule has 0 atom stereocenters. The Morgan fingerprint density at radius 3 is 2.83 bits per heavy atom. The summed E-state index contributed by atoms with van der Waals surface area (Å²) >= 11 is 1.63. The minimum absolute atomic E-state index is 0.173. The molecule has 8 nitrogen and oxygen atoms in total. The smallest absolute Gasteiger partial charge is 0.229 e. The summed E-state index contributed by atoms with van der Waals surface area (Å²) in [6.45, 7) is 0. The van der Waals surface area contributed by atoms with Crippen LogP contribution in [0.1, 0.15) is 25.7 Å². The molecular weight excluding hydrogens is 386 g/mol. The fraction of sp³-hybridized carbons (Fsp3) is 0.300. The Labute approximate surface area is 171 Å². The Balaban J connectivity index is 1.39. The minimum atomic E-state index is -0.173. The van der Waals surface area contributed by atoms with Crippen LogP contribution in [-0.4, -0.2) is 42.0 Å². The van der Waals surface area contributed by atoms with Crippen molar-refractivity contribution in [1.82, 2.24) is 24.7 Å². The van der Waals surface area contributed by atoms with E-state index in [1.165, 1.54) is 0 Å². The third-order valence-corrected chi connectivity index (χ3v) is 5.97. The summed E-state index contributed by atoms with van der Waals surface area (Å²) in [5.41, 5.74) is 1.69. The minimum Gasteiger partial charge on any atom is -0.393 e. The first kappa shape index (κ1) is 18.0. The molecule has 0 unspecified atom stereocenters. The number of aliphatic hydroxyl groups excluding tert-OH is 1. The highest BCUT2D eigenvalue weighted by molar-refractivity contribution is 7.17. The van der Waals surface area contributed by atoms with Crippen molar-refractivity contribution in [2.75, 3.05) is 10.6 Å². The molecule has 148 valence electrons. The second-order valence-corrected chi connectivity index (χ2v) is 8.08. The Morgan fingerprint density at radius 2 is 2.00 bits per heavy atom. The van der Waals surface area contributed by atoms with Crippen molar-refractivity contribution in [3.8, 4) is 5.82 Å². The van der Waals surface area contributed by atoms with Gasteiger partial charge < -0.3 is 15.7 Å². The van der Waals surface area contributed by atoms with Crippen molar-refractivity contribution in [2.45, 2.75) is 37.8 Å². The molecule has 3 N–H and O–H groups in total. The maximum Gasteiger partial charge on any atom is 0.229 e. The summed E-state index contributed by atoms with van der Waals surface area (Å²) < 4.78 is 2.75. The highest BCUT2D eigenvalue weighted by Gasteiger charge is 2.21. The number of aliphatic hydroxyl groups is 1. The van der Waals surface area contributed by atoms with Crippen LogP contribution in [-0.2, 0) is 0 Å². The summed E-state index contributed by atoms with van der Waals surface area (Å²) in [6.07, 6.45) is 8.69. The Kier molecular flexibility index (Phi) is 4.82. The van der Waals surface area contributed by atoms with Crippen molar-refractivity contribution in [1.29, 1.82) is 0 Å². The van der Waals surface area contributed by atoms with Crippen LogP contribution < -0.4 is 10.6 Å². The van der Waals surface area contributed by atoms with E-state index < -0.39 is 0 Å². The first-order valence-electron chi connectivity index (χ1n) is 9.67. The number of anilines is 3. The predicted molar refractivity (Wildman–Crippen MR) is 114 cm³/mol. The lowest BCUT2D eigenvalue weighted by Crippen LogP contribution is -2.28. The average molecular weight is 408 g/mol. The SMILES string of the molecule is O[C@H]1CC[C@H](Nc2nc(Nc3cnn(-c4ccccn4)c3)nc3ccsc23)CC1. The Morgan fingerprint density at radius 1 is 1.10 bits per heavy atom. The maximum absolute atomic E-state index is 9.75. The first-order valence-corrected chi connectivity index (χ1v) is 10.6. The first-order chi connectivity index (χ1) is 14.2. The van der Waals surface area contributed by atoms with Crippen LogP contribution in [0.15, 0.2) is 48.2 Å². The zero-order valence-electron chi connectivity index (χ0n) is 15.7. The van der Waals surface area contributed by atoms with E-state index in [-0.39, 0.29) is 6.10 Å². The average Bonchev–Trinajstić information content (AvgIpc) is 3.40. The largest absolute Gasteiger partial charge is 0.393 e. The molecule has 4 aromatic heterocycles. The van der Waals surface area contributed by atoms with Crippen LogP contribution >= 0.6 is 11.3 Å². The van der Waals surface area contributed by atoms with Gasteiger partial charge in [0.15, 0.2) is 5.82 Å². The van der Waals surface area contributed by atoms with Crippen LogP contribution in [0.3, 0.4) is 0 Å². The van der Waals surface area contributed by atoms with Crippen molar-refractivity contribution >= 4 is 39.0 Å². The van der Waals surface area contributed by atoms with E-state index >= 15 is 0 Å². The molecule has 0 spiro atoms. The van der Waals surface area contributed by atoms with Gasteiger partial charge >= 0.3 is 0 Å². The number of thiophene rings is 1. The summed E-state index contributed by atoms with van der Waals surface area (Å²) in [5.74, 6) is 2.11. The van der Waals surface area contributed by atoms with Gasteiger partial charge in [-0.25, -0.2) is 14.6 Å². The number of hydrogen-bond donors (Lipinski definition) is 3. The molecule has 4 heterocycles. The molecular formula is C20H21N7OS. The van der Waals surface area contributed by atoms with E-state index in [1.54, 1.807) is 28.4 Å². The second kappa shape index (κ2) is 7.76. The van der Waals surface area contributed by atoms with E-state index in [4.69, 9.17) is 4.98 Å². The van der Waals surface area contributed by atoms with Gasteiger partial charge in [-0.3, -0.25) is 0 Å². The van der Waals surface area contributed by atoms with E-state index in [9.17, 15) is 5.11 Å². The number of pyridine rings is 1. The normalized spacial score (nSPS) is 19.3. The van der Waals surface area contributed by atoms with Crippen molar-refractivity contribution in [2.24, 2.45) is 0 Å². The molecule has 0 amide bonds. The molecule has 0 aliphatic heterocycles. The summed E-state index contributed by atoms with van der Waals surface area (Å²) in [4.78, 5) is 13.7. The molecule has 0 radical (unpaired) electrons. The van der Waals surface area contributed by atoms with Gasteiger partial charge in [0.25, 0.3) is 0 Å². The van der Waals surface area contributed by atoms with Gasteiger partial charge in [-0.2, -0.15) is 10.1 Å². The van der Waals surface area contributed by atoms with E-state index in [0.29, 0.717) is 12.0 Å². The Bertz CT molecular complexity index is 1100. The number of rotatable bonds is 5. The topological polar surface area (TPSA) is 101 Å². The monoisotopic (exact) mass is 407 g/mol. The zero-order chi connectivity index (χ0) is 19.6. The van der Waals surface area contributed by atoms with Gasteiger partial charge in [-0.1, -0.05) is 6.07 Å². The summed E-state index contributed by atoms with van der Waals surface area (Å²) in [5, 5.41) is 23.0. The second-order valence-electron chi connectivity index (χ2n) is 7.17. The van der Waals surface area contributed by atoms with Crippen LogP contribution in [0.25, 0.3) is 16.0 Å². The fourth-order valence-corrected chi connectivity index (χ4v) is 4.35. The van der Waals surface area contributed by atoms with Gasteiger partial charge in [0, 0.05) is 12.2 Å². The predicted octanol–water partition coefficient (Wildman–Crippen LogP) is 3.73. The quantitative estimate of drug-likeness (QED) is 0.463. The molecule has 1 aliphatic rings. The molecule has 1 saturated carbocycles. The summed E-state index contributed by atoms with van der Waals surface area (Å²) in [7, 11) is 0. The fourth-order valence-electron chi connectivity index (χ4n) is 3.56. The number of nitrogens with zero attached hydrogens (tertiary/aromatic N) is 5. The molecule has 0 saturated heterocycles. The number of fused-ring (bicyclic) bond motifs is 1. The molecule has 1 fully saturated rings. The molecule has 0 bridgehead atoms. The standard InChI is InChI=1S/C20H21N7OS/c28-15-6-4-13(5-7-15)23-19-18-16(8-10-29-18)25-20(26-19)24-14-11-22-27(12-14)17-3-1-2-9-21-17/h1-3,8-13,15,28H,4-7H2,(H2,23,24,25,26)/t13-,15-. The molecule has 5 rings (SSSR count). The molecule has 0 aromatic carbocycles. The van der Waals surface area contributed by atoms with Crippen molar-refractivity contribution in [3.05, 3.63) is 48.2 Å². The molecule has 29 heavy (non-hydrogen) atoms. The van der Waals surface area contributed by atoms with Crippen LogP contribution in [0.2, 0.25) is 0 Å². The van der Waals surface area contributed by atoms with Gasteiger partial charge in [0.05, 0.1) is 34.4 Å². The van der Waals surface area contributed by atoms with Gasteiger partial charge in [-0.05, 0) is 49.3 Å². The maximum atomic E-state index is 9.75. The zero-order valence-corrected chi connectivity index (χ0v) is 16.5.